The van der Waals surface area contributed by atoms with Crippen molar-refractivity contribution >= 4 is 17.5 Å². The Balaban J connectivity index is 1.99. The number of aryl methyl sites for hydroxylation is 1. The van der Waals surface area contributed by atoms with Crippen LogP contribution in [-0.4, -0.2) is 29.3 Å². The number of anilines is 1. The van der Waals surface area contributed by atoms with Gasteiger partial charge in [-0.1, -0.05) is 43.9 Å². The van der Waals surface area contributed by atoms with E-state index in [1.165, 1.54) is 12.8 Å². The number of carbonyl (C=O) groups excluding carboxylic acids is 2. The fraction of sp³-hybridized carbons (Fsp3) is 0.556. The lowest BCUT2D eigenvalue weighted by Crippen LogP contribution is -2.43. The molecule has 0 atom stereocenters. The highest BCUT2D eigenvalue weighted by atomic mass is 16.2. The van der Waals surface area contributed by atoms with Gasteiger partial charge in [-0.05, 0) is 31.4 Å². The van der Waals surface area contributed by atoms with Crippen LogP contribution in [-0.2, 0) is 9.59 Å². The second-order valence-electron chi connectivity index (χ2n) is 6.16. The molecule has 0 heterocycles. The molecule has 1 saturated carbocycles. The predicted octanol–water partition coefficient (Wildman–Crippen LogP) is 3.50. The van der Waals surface area contributed by atoms with Crippen molar-refractivity contribution in [3.8, 4) is 0 Å². The summed E-state index contributed by atoms with van der Waals surface area (Å²) < 4.78 is 0. The average Bonchev–Trinajstić information content (AvgIpc) is 2.76. The zero-order valence-corrected chi connectivity index (χ0v) is 13.6. The van der Waals surface area contributed by atoms with Gasteiger partial charge in [0.2, 0.25) is 11.8 Å². The lowest BCUT2D eigenvalue weighted by atomic mass is 10.1. The Morgan fingerprint density at radius 3 is 2.36 bits per heavy atom. The number of amides is 2. The van der Waals surface area contributed by atoms with E-state index in [1.54, 1.807) is 11.8 Å². The van der Waals surface area contributed by atoms with Crippen molar-refractivity contribution in [2.75, 3.05) is 11.9 Å². The molecule has 4 heteroatoms. The Kier molecular flexibility index (Phi) is 5.99. The first-order valence-corrected chi connectivity index (χ1v) is 8.20. The normalized spacial score (nSPS) is 15.9. The van der Waals surface area contributed by atoms with E-state index in [0.717, 1.165) is 36.9 Å². The molecule has 0 radical (unpaired) electrons. The largest absolute Gasteiger partial charge is 0.331 e. The van der Waals surface area contributed by atoms with Crippen molar-refractivity contribution in [2.45, 2.75) is 58.4 Å². The van der Waals surface area contributed by atoms with Gasteiger partial charge in [0.1, 0.15) is 6.54 Å². The zero-order valence-electron chi connectivity index (χ0n) is 13.6. The Hall–Kier alpha value is -1.84. The molecule has 1 aliphatic carbocycles. The minimum atomic E-state index is -0.117. The lowest BCUT2D eigenvalue weighted by Gasteiger charge is -2.29. The van der Waals surface area contributed by atoms with Crippen LogP contribution in [0.25, 0.3) is 0 Å². The van der Waals surface area contributed by atoms with Gasteiger partial charge in [-0.3, -0.25) is 9.59 Å². The molecule has 1 aliphatic rings. The Morgan fingerprint density at radius 2 is 1.77 bits per heavy atom. The van der Waals surface area contributed by atoms with E-state index in [4.69, 9.17) is 0 Å². The highest BCUT2D eigenvalue weighted by Crippen LogP contribution is 2.22. The lowest BCUT2D eigenvalue weighted by molar-refractivity contribution is -0.135. The van der Waals surface area contributed by atoms with Crippen LogP contribution in [0.4, 0.5) is 5.69 Å². The molecule has 0 unspecified atom stereocenters. The number of hydrogen-bond acceptors (Lipinski definition) is 2. The third-order valence-corrected chi connectivity index (χ3v) is 4.40. The Labute approximate surface area is 132 Å². The molecule has 1 aromatic rings. The first-order chi connectivity index (χ1) is 10.6. The first-order valence-electron chi connectivity index (χ1n) is 8.20. The molecule has 0 aromatic heterocycles. The molecule has 1 aromatic carbocycles. The molecule has 2 amide bonds. The van der Waals surface area contributed by atoms with Gasteiger partial charge in [0.15, 0.2) is 0 Å². The Morgan fingerprint density at radius 1 is 1.14 bits per heavy atom. The summed E-state index contributed by atoms with van der Waals surface area (Å²) in [4.78, 5) is 26.0. The van der Waals surface area contributed by atoms with Crippen molar-refractivity contribution in [1.82, 2.24) is 4.90 Å². The molecule has 0 saturated heterocycles. The van der Waals surface area contributed by atoms with Crippen molar-refractivity contribution in [2.24, 2.45) is 0 Å². The highest BCUT2D eigenvalue weighted by molar-refractivity contribution is 5.94. The first kappa shape index (κ1) is 16.5. The van der Waals surface area contributed by atoms with Gasteiger partial charge in [-0.25, -0.2) is 0 Å². The minimum Gasteiger partial charge on any atom is -0.331 e. The summed E-state index contributed by atoms with van der Waals surface area (Å²) in [6.07, 6.45) is 6.78. The van der Waals surface area contributed by atoms with Crippen LogP contribution in [0.2, 0.25) is 0 Å². The van der Waals surface area contributed by atoms with E-state index in [1.807, 2.05) is 31.2 Å². The van der Waals surface area contributed by atoms with Crippen LogP contribution in [0.3, 0.4) is 0 Å². The fourth-order valence-electron chi connectivity index (χ4n) is 3.12. The number of nitrogens with zero attached hydrogens (tertiary/aromatic N) is 1. The number of carbonyl (C=O) groups is 2. The number of hydrogen-bond donors (Lipinski definition) is 1. The molecule has 1 N–H and O–H groups in total. The van der Waals surface area contributed by atoms with E-state index in [-0.39, 0.29) is 24.4 Å². The summed E-state index contributed by atoms with van der Waals surface area (Å²) in [5.41, 5.74) is 1.84. The van der Waals surface area contributed by atoms with Gasteiger partial charge in [0.25, 0.3) is 0 Å². The second-order valence-corrected chi connectivity index (χ2v) is 6.16. The third-order valence-electron chi connectivity index (χ3n) is 4.40. The maximum atomic E-state index is 12.3. The summed E-state index contributed by atoms with van der Waals surface area (Å²) in [5.74, 6) is -0.124. The SMILES string of the molecule is CC(=O)N(CC(=O)Nc1ccccc1C)C1CCCCCC1. The quantitative estimate of drug-likeness (QED) is 0.865. The summed E-state index contributed by atoms with van der Waals surface area (Å²) in [6.45, 7) is 3.67. The monoisotopic (exact) mass is 302 g/mol. The van der Waals surface area contributed by atoms with Gasteiger partial charge in [0, 0.05) is 18.7 Å². The van der Waals surface area contributed by atoms with Crippen molar-refractivity contribution < 1.29 is 9.59 Å². The molecule has 2 rings (SSSR count). The smallest absolute Gasteiger partial charge is 0.244 e. The second kappa shape index (κ2) is 7.97. The van der Waals surface area contributed by atoms with E-state index < -0.39 is 0 Å². The number of rotatable bonds is 4. The summed E-state index contributed by atoms with van der Waals surface area (Å²) in [5, 5.41) is 2.92. The maximum Gasteiger partial charge on any atom is 0.244 e. The molecular weight excluding hydrogens is 276 g/mol. The third kappa shape index (κ3) is 4.58. The van der Waals surface area contributed by atoms with Crippen molar-refractivity contribution in [3.05, 3.63) is 29.8 Å². The maximum absolute atomic E-state index is 12.3. The van der Waals surface area contributed by atoms with E-state index >= 15 is 0 Å². The number of benzene rings is 1. The molecule has 4 nitrogen and oxygen atoms in total. The fourth-order valence-corrected chi connectivity index (χ4v) is 3.12. The van der Waals surface area contributed by atoms with Crippen molar-refractivity contribution in [3.63, 3.8) is 0 Å². The Bertz CT molecular complexity index is 520. The van der Waals surface area contributed by atoms with Crippen LogP contribution < -0.4 is 5.32 Å². The van der Waals surface area contributed by atoms with E-state index in [0.29, 0.717) is 0 Å². The summed E-state index contributed by atoms with van der Waals surface area (Å²) in [6, 6.07) is 7.90. The highest BCUT2D eigenvalue weighted by Gasteiger charge is 2.24. The molecule has 120 valence electrons. The van der Waals surface area contributed by atoms with Gasteiger partial charge in [-0.2, -0.15) is 0 Å². The van der Waals surface area contributed by atoms with Gasteiger partial charge < -0.3 is 10.2 Å². The van der Waals surface area contributed by atoms with E-state index in [2.05, 4.69) is 5.32 Å². The summed E-state index contributed by atoms with van der Waals surface area (Å²) in [7, 11) is 0. The van der Waals surface area contributed by atoms with Crippen LogP contribution in [0, 0.1) is 6.92 Å². The van der Waals surface area contributed by atoms with Crippen LogP contribution in [0.1, 0.15) is 51.0 Å². The van der Waals surface area contributed by atoms with Crippen LogP contribution in [0.15, 0.2) is 24.3 Å². The predicted molar refractivity (Wildman–Crippen MR) is 88.7 cm³/mol. The zero-order chi connectivity index (χ0) is 15.9. The number of nitrogens with one attached hydrogen (secondary N) is 1. The van der Waals surface area contributed by atoms with Gasteiger partial charge in [0.05, 0.1) is 0 Å². The molecule has 0 bridgehead atoms. The summed E-state index contributed by atoms with van der Waals surface area (Å²) >= 11 is 0. The van der Waals surface area contributed by atoms with Gasteiger partial charge in [-0.15, -0.1) is 0 Å². The molecule has 22 heavy (non-hydrogen) atoms. The van der Waals surface area contributed by atoms with Crippen LogP contribution in [0.5, 0.6) is 0 Å². The molecule has 0 spiro atoms. The molecule has 0 aliphatic heterocycles. The number of para-hydroxylation sites is 1. The average molecular weight is 302 g/mol. The standard InChI is InChI=1S/C18H26N2O2/c1-14-9-7-8-12-17(14)19-18(22)13-20(15(2)21)16-10-5-3-4-6-11-16/h7-9,12,16H,3-6,10-11,13H2,1-2H3,(H,19,22). The van der Waals surface area contributed by atoms with E-state index in [9.17, 15) is 9.59 Å². The van der Waals surface area contributed by atoms with Gasteiger partial charge >= 0.3 is 0 Å². The molecule has 1 fully saturated rings. The molecular formula is C18H26N2O2. The minimum absolute atomic E-state index is 0.00756. The topological polar surface area (TPSA) is 49.4 Å². The van der Waals surface area contributed by atoms with Crippen molar-refractivity contribution in [1.29, 1.82) is 0 Å². The van der Waals surface area contributed by atoms with Crippen LogP contribution >= 0.6 is 0 Å².